The first-order valence-corrected chi connectivity index (χ1v) is 8.95. The molecular formula is C18H21N3OS. The number of fused-ring (bicyclic) bond motifs is 1. The van der Waals surface area contributed by atoms with E-state index in [1.807, 2.05) is 16.9 Å². The lowest BCUT2D eigenvalue weighted by Crippen LogP contribution is -2.35. The van der Waals surface area contributed by atoms with Crippen LogP contribution in [0.3, 0.4) is 0 Å². The van der Waals surface area contributed by atoms with Gasteiger partial charge in [-0.15, -0.1) is 11.3 Å². The van der Waals surface area contributed by atoms with Crippen molar-refractivity contribution < 1.29 is 5.11 Å². The fraction of sp³-hybridized carbons (Fsp3) is 0.389. The summed E-state index contributed by atoms with van der Waals surface area (Å²) in [5.41, 5.74) is 2.31. The Morgan fingerprint density at radius 1 is 1.22 bits per heavy atom. The van der Waals surface area contributed by atoms with Crippen LogP contribution >= 0.6 is 11.3 Å². The number of aryl methyl sites for hydroxylation is 1. The normalized spacial score (nSPS) is 17.7. The molecule has 0 amide bonds. The van der Waals surface area contributed by atoms with Crippen LogP contribution in [-0.4, -0.2) is 27.6 Å². The van der Waals surface area contributed by atoms with Gasteiger partial charge in [0, 0.05) is 23.7 Å². The molecule has 5 heteroatoms. The molecule has 0 bridgehead atoms. The summed E-state index contributed by atoms with van der Waals surface area (Å²) in [6.45, 7) is 4.10. The van der Waals surface area contributed by atoms with Crippen LogP contribution < -0.4 is 4.90 Å². The zero-order valence-electron chi connectivity index (χ0n) is 13.2. The standard InChI is InChI=1S/C18H21N3OS/c1-13-17(21-12-19-11-16(21)23-13)18(22)14-7-9-20(10-8-14)15-5-3-2-4-6-15/h2-6,11-12,14,18,22H,7-10H2,1H3. The number of para-hydroxylation sites is 1. The van der Waals surface area contributed by atoms with E-state index in [9.17, 15) is 5.11 Å². The molecule has 1 unspecified atom stereocenters. The van der Waals surface area contributed by atoms with E-state index in [4.69, 9.17) is 0 Å². The van der Waals surface area contributed by atoms with E-state index in [0.717, 1.165) is 36.5 Å². The number of aliphatic hydroxyl groups excluding tert-OH is 1. The van der Waals surface area contributed by atoms with Crippen molar-refractivity contribution in [3.63, 3.8) is 0 Å². The summed E-state index contributed by atoms with van der Waals surface area (Å²) in [7, 11) is 0. The topological polar surface area (TPSA) is 40.8 Å². The Bertz CT molecular complexity index is 787. The van der Waals surface area contributed by atoms with Crippen molar-refractivity contribution in [2.45, 2.75) is 25.9 Å². The second-order valence-corrected chi connectivity index (χ2v) is 7.49. The van der Waals surface area contributed by atoms with Crippen LogP contribution in [0.2, 0.25) is 0 Å². The Morgan fingerprint density at radius 2 is 1.96 bits per heavy atom. The lowest BCUT2D eigenvalue weighted by molar-refractivity contribution is 0.0880. The van der Waals surface area contributed by atoms with E-state index in [2.05, 4.69) is 47.1 Å². The molecule has 0 saturated carbocycles. The number of hydrogen-bond acceptors (Lipinski definition) is 4. The number of anilines is 1. The van der Waals surface area contributed by atoms with Crippen molar-refractivity contribution in [3.8, 4) is 0 Å². The highest BCUT2D eigenvalue weighted by Gasteiger charge is 2.29. The fourth-order valence-electron chi connectivity index (χ4n) is 3.60. The van der Waals surface area contributed by atoms with Crippen molar-refractivity contribution in [2.24, 2.45) is 5.92 Å². The highest BCUT2D eigenvalue weighted by atomic mass is 32.1. The van der Waals surface area contributed by atoms with Gasteiger partial charge in [0.25, 0.3) is 0 Å². The Kier molecular flexibility index (Phi) is 3.83. The van der Waals surface area contributed by atoms with Gasteiger partial charge in [0.05, 0.1) is 18.0 Å². The van der Waals surface area contributed by atoms with Crippen LogP contribution in [-0.2, 0) is 0 Å². The number of piperidine rings is 1. The second-order valence-electron chi connectivity index (χ2n) is 6.25. The van der Waals surface area contributed by atoms with Gasteiger partial charge in [-0.05, 0) is 37.8 Å². The van der Waals surface area contributed by atoms with Crippen LogP contribution in [0.4, 0.5) is 5.69 Å². The van der Waals surface area contributed by atoms with E-state index in [0.29, 0.717) is 5.92 Å². The molecule has 1 atom stereocenters. The van der Waals surface area contributed by atoms with Crippen LogP contribution in [0.5, 0.6) is 0 Å². The zero-order chi connectivity index (χ0) is 15.8. The molecule has 0 radical (unpaired) electrons. The largest absolute Gasteiger partial charge is 0.387 e. The predicted octanol–water partition coefficient (Wildman–Crippen LogP) is 3.65. The summed E-state index contributed by atoms with van der Waals surface area (Å²) in [5, 5.41) is 10.9. The van der Waals surface area contributed by atoms with Gasteiger partial charge in [-0.1, -0.05) is 18.2 Å². The molecule has 120 valence electrons. The third-order valence-corrected chi connectivity index (χ3v) is 5.90. The van der Waals surface area contributed by atoms with E-state index >= 15 is 0 Å². The molecule has 1 saturated heterocycles. The van der Waals surface area contributed by atoms with Gasteiger partial charge in [0.15, 0.2) is 0 Å². The van der Waals surface area contributed by atoms with E-state index < -0.39 is 6.10 Å². The number of benzene rings is 1. The minimum Gasteiger partial charge on any atom is -0.387 e. The monoisotopic (exact) mass is 327 g/mol. The molecule has 4 nitrogen and oxygen atoms in total. The fourth-order valence-corrected chi connectivity index (χ4v) is 4.60. The van der Waals surface area contributed by atoms with Gasteiger partial charge in [-0.3, -0.25) is 4.40 Å². The van der Waals surface area contributed by atoms with Crippen molar-refractivity contribution >= 4 is 21.9 Å². The molecule has 2 aromatic heterocycles. The van der Waals surface area contributed by atoms with Crippen molar-refractivity contribution in [1.82, 2.24) is 9.38 Å². The lowest BCUT2D eigenvalue weighted by Gasteiger charge is -2.35. The summed E-state index contributed by atoms with van der Waals surface area (Å²) in [4.78, 5) is 8.91. The van der Waals surface area contributed by atoms with Gasteiger partial charge in [-0.2, -0.15) is 0 Å². The summed E-state index contributed by atoms with van der Waals surface area (Å²) >= 11 is 1.71. The zero-order valence-corrected chi connectivity index (χ0v) is 14.0. The molecular weight excluding hydrogens is 306 g/mol. The summed E-state index contributed by atoms with van der Waals surface area (Å²) in [6, 6.07) is 10.5. The maximum atomic E-state index is 10.9. The highest BCUT2D eigenvalue weighted by Crippen LogP contribution is 2.36. The number of rotatable bonds is 3. The molecule has 3 aromatic rings. The maximum absolute atomic E-state index is 10.9. The number of aliphatic hydroxyl groups is 1. The SMILES string of the molecule is Cc1sc2cncn2c1C(O)C1CCN(c2ccccc2)CC1. The number of nitrogens with zero attached hydrogens (tertiary/aromatic N) is 3. The van der Waals surface area contributed by atoms with Crippen LogP contribution in [0.15, 0.2) is 42.9 Å². The third kappa shape index (κ3) is 2.64. The molecule has 1 aliphatic rings. The molecule has 1 fully saturated rings. The number of hydrogen-bond donors (Lipinski definition) is 1. The minimum absolute atomic E-state index is 0.314. The van der Waals surface area contributed by atoms with Crippen LogP contribution in [0.1, 0.15) is 29.5 Å². The Balaban J connectivity index is 1.50. The Morgan fingerprint density at radius 3 is 2.70 bits per heavy atom. The molecule has 0 spiro atoms. The first-order valence-electron chi connectivity index (χ1n) is 8.13. The quantitative estimate of drug-likeness (QED) is 0.798. The van der Waals surface area contributed by atoms with Gasteiger partial charge in [0.2, 0.25) is 0 Å². The van der Waals surface area contributed by atoms with E-state index in [1.165, 1.54) is 10.6 Å². The molecule has 1 aliphatic heterocycles. The Hall–Kier alpha value is -1.85. The second kappa shape index (κ2) is 5.98. The summed E-state index contributed by atoms with van der Waals surface area (Å²) in [5.74, 6) is 0.314. The summed E-state index contributed by atoms with van der Waals surface area (Å²) in [6.07, 6.45) is 5.31. The average Bonchev–Trinajstić information content (AvgIpc) is 3.15. The molecule has 4 rings (SSSR count). The Labute approximate surface area is 140 Å². The molecule has 3 heterocycles. The van der Waals surface area contributed by atoms with Gasteiger partial charge >= 0.3 is 0 Å². The number of thiazole rings is 1. The van der Waals surface area contributed by atoms with E-state index in [1.54, 1.807) is 11.3 Å². The smallest absolute Gasteiger partial charge is 0.120 e. The number of aromatic nitrogens is 2. The third-order valence-electron chi connectivity index (χ3n) is 4.87. The van der Waals surface area contributed by atoms with Crippen molar-refractivity contribution in [1.29, 1.82) is 0 Å². The van der Waals surface area contributed by atoms with Crippen LogP contribution in [0.25, 0.3) is 4.83 Å². The minimum atomic E-state index is -0.407. The van der Waals surface area contributed by atoms with Gasteiger partial charge in [0.1, 0.15) is 11.2 Å². The highest BCUT2D eigenvalue weighted by molar-refractivity contribution is 7.17. The molecule has 23 heavy (non-hydrogen) atoms. The predicted molar refractivity (Wildman–Crippen MR) is 94.1 cm³/mol. The molecule has 1 aromatic carbocycles. The van der Waals surface area contributed by atoms with Gasteiger partial charge in [-0.25, -0.2) is 4.98 Å². The average molecular weight is 327 g/mol. The van der Waals surface area contributed by atoms with Gasteiger partial charge < -0.3 is 10.0 Å². The molecule has 0 aliphatic carbocycles. The molecule has 1 N–H and O–H groups in total. The van der Waals surface area contributed by atoms with Crippen LogP contribution in [0, 0.1) is 12.8 Å². The van der Waals surface area contributed by atoms with E-state index in [-0.39, 0.29) is 0 Å². The van der Waals surface area contributed by atoms with Crippen molar-refractivity contribution in [2.75, 3.05) is 18.0 Å². The number of imidazole rings is 1. The summed E-state index contributed by atoms with van der Waals surface area (Å²) < 4.78 is 2.05. The first-order chi connectivity index (χ1) is 11.2. The first kappa shape index (κ1) is 14.7. The lowest BCUT2D eigenvalue weighted by atomic mass is 9.89. The van der Waals surface area contributed by atoms with Crippen molar-refractivity contribution in [3.05, 3.63) is 53.4 Å². The maximum Gasteiger partial charge on any atom is 0.120 e.